The third kappa shape index (κ3) is 1.24. The van der Waals surface area contributed by atoms with Gasteiger partial charge >= 0.3 is 0 Å². The molecule has 1 aromatic heterocycles. The average Bonchev–Trinajstić information content (AvgIpc) is 2.46. The van der Waals surface area contributed by atoms with Gasteiger partial charge in [-0.1, -0.05) is 18.2 Å². The SMILES string of the molecule is C[C@@H](N)c1cc2ccccc2s1. The number of rotatable bonds is 1. The highest BCUT2D eigenvalue weighted by Gasteiger charge is 2.03. The molecule has 0 aliphatic rings. The molecule has 0 aliphatic heterocycles. The van der Waals surface area contributed by atoms with Crippen LogP contribution in [-0.2, 0) is 0 Å². The molecule has 0 saturated carbocycles. The minimum absolute atomic E-state index is 0.155. The summed E-state index contributed by atoms with van der Waals surface area (Å²) in [5.74, 6) is 0. The molecule has 1 heterocycles. The molecule has 2 aromatic rings. The van der Waals surface area contributed by atoms with Gasteiger partial charge in [0.25, 0.3) is 0 Å². The molecular weight excluding hydrogens is 166 g/mol. The first-order chi connectivity index (χ1) is 5.77. The quantitative estimate of drug-likeness (QED) is 0.712. The van der Waals surface area contributed by atoms with Crippen LogP contribution in [0.1, 0.15) is 17.8 Å². The second-order valence-electron chi connectivity index (χ2n) is 2.98. The highest BCUT2D eigenvalue weighted by Crippen LogP contribution is 2.28. The molecule has 1 nitrogen and oxygen atoms in total. The van der Waals surface area contributed by atoms with Crippen molar-refractivity contribution >= 4 is 21.4 Å². The van der Waals surface area contributed by atoms with Crippen LogP contribution in [0, 0.1) is 0 Å². The predicted molar refractivity (Wildman–Crippen MR) is 54.4 cm³/mol. The summed E-state index contributed by atoms with van der Waals surface area (Å²) in [6, 6.07) is 10.7. The van der Waals surface area contributed by atoms with Crippen molar-refractivity contribution in [3.05, 3.63) is 35.2 Å². The van der Waals surface area contributed by atoms with E-state index in [1.165, 1.54) is 15.0 Å². The van der Waals surface area contributed by atoms with Crippen LogP contribution in [0.2, 0.25) is 0 Å². The van der Waals surface area contributed by atoms with Crippen LogP contribution in [0.15, 0.2) is 30.3 Å². The molecule has 62 valence electrons. The van der Waals surface area contributed by atoms with E-state index >= 15 is 0 Å². The smallest absolute Gasteiger partial charge is 0.0361 e. The number of nitrogens with two attached hydrogens (primary N) is 1. The van der Waals surface area contributed by atoms with E-state index in [4.69, 9.17) is 5.73 Å². The maximum atomic E-state index is 5.79. The van der Waals surface area contributed by atoms with Crippen molar-refractivity contribution in [2.75, 3.05) is 0 Å². The van der Waals surface area contributed by atoms with Crippen LogP contribution < -0.4 is 5.73 Å². The number of fused-ring (bicyclic) bond motifs is 1. The maximum Gasteiger partial charge on any atom is 0.0361 e. The minimum atomic E-state index is 0.155. The highest BCUT2D eigenvalue weighted by atomic mass is 32.1. The largest absolute Gasteiger partial charge is 0.324 e. The van der Waals surface area contributed by atoms with E-state index in [0.717, 1.165) is 0 Å². The van der Waals surface area contributed by atoms with Gasteiger partial charge in [0.15, 0.2) is 0 Å². The zero-order chi connectivity index (χ0) is 8.55. The van der Waals surface area contributed by atoms with Gasteiger partial charge in [0.1, 0.15) is 0 Å². The molecule has 1 atom stereocenters. The maximum absolute atomic E-state index is 5.79. The lowest BCUT2D eigenvalue weighted by Crippen LogP contribution is -2.01. The molecule has 2 rings (SSSR count). The zero-order valence-corrected chi connectivity index (χ0v) is 7.77. The molecule has 0 fully saturated rings. The van der Waals surface area contributed by atoms with Gasteiger partial charge in [-0.05, 0) is 24.4 Å². The number of thiophene rings is 1. The van der Waals surface area contributed by atoms with Gasteiger partial charge in [-0.3, -0.25) is 0 Å². The van der Waals surface area contributed by atoms with Gasteiger partial charge in [-0.25, -0.2) is 0 Å². The van der Waals surface area contributed by atoms with Crippen LogP contribution >= 0.6 is 11.3 Å². The van der Waals surface area contributed by atoms with Gasteiger partial charge in [0.2, 0.25) is 0 Å². The first-order valence-corrected chi connectivity index (χ1v) is 4.83. The lowest BCUT2D eigenvalue weighted by Gasteiger charge is -1.96. The highest BCUT2D eigenvalue weighted by molar-refractivity contribution is 7.19. The average molecular weight is 177 g/mol. The Kier molecular flexibility index (Phi) is 1.87. The fourth-order valence-corrected chi connectivity index (χ4v) is 2.24. The summed E-state index contributed by atoms with van der Waals surface area (Å²) in [6.07, 6.45) is 0. The fraction of sp³-hybridized carbons (Fsp3) is 0.200. The van der Waals surface area contributed by atoms with E-state index in [1.807, 2.05) is 6.92 Å². The third-order valence-electron chi connectivity index (χ3n) is 1.89. The second kappa shape index (κ2) is 2.88. The van der Waals surface area contributed by atoms with Crippen molar-refractivity contribution in [2.45, 2.75) is 13.0 Å². The van der Waals surface area contributed by atoms with Crippen LogP contribution in [0.3, 0.4) is 0 Å². The Morgan fingerprint density at radius 2 is 2.08 bits per heavy atom. The Balaban J connectivity index is 2.62. The normalized spacial score (nSPS) is 13.5. The molecule has 0 saturated heterocycles. The summed E-state index contributed by atoms with van der Waals surface area (Å²) in [7, 11) is 0. The summed E-state index contributed by atoms with van der Waals surface area (Å²) in [6.45, 7) is 2.02. The van der Waals surface area contributed by atoms with E-state index in [1.54, 1.807) is 11.3 Å². The van der Waals surface area contributed by atoms with Gasteiger partial charge < -0.3 is 5.73 Å². The zero-order valence-electron chi connectivity index (χ0n) is 6.95. The molecule has 2 N–H and O–H groups in total. The van der Waals surface area contributed by atoms with Crippen molar-refractivity contribution in [2.24, 2.45) is 5.73 Å². The monoisotopic (exact) mass is 177 g/mol. The van der Waals surface area contributed by atoms with E-state index in [0.29, 0.717) is 0 Å². The van der Waals surface area contributed by atoms with E-state index in [2.05, 4.69) is 30.3 Å². The van der Waals surface area contributed by atoms with Crippen molar-refractivity contribution in [1.29, 1.82) is 0 Å². The number of hydrogen-bond acceptors (Lipinski definition) is 2. The summed E-state index contributed by atoms with van der Waals surface area (Å²) >= 11 is 1.78. The molecule has 0 bridgehead atoms. The Labute approximate surface area is 75.8 Å². The molecular formula is C10H11NS. The number of benzene rings is 1. The van der Waals surface area contributed by atoms with Crippen LogP contribution in [-0.4, -0.2) is 0 Å². The Hall–Kier alpha value is -0.860. The number of hydrogen-bond donors (Lipinski definition) is 1. The minimum Gasteiger partial charge on any atom is -0.324 e. The van der Waals surface area contributed by atoms with Crippen LogP contribution in [0.4, 0.5) is 0 Å². The molecule has 0 spiro atoms. The van der Waals surface area contributed by atoms with Crippen molar-refractivity contribution in [3.8, 4) is 0 Å². The Morgan fingerprint density at radius 1 is 1.33 bits per heavy atom. The van der Waals surface area contributed by atoms with Gasteiger partial charge in [0, 0.05) is 15.6 Å². The molecule has 0 aliphatic carbocycles. The molecule has 2 heteroatoms. The summed E-state index contributed by atoms with van der Waals surface area (Å²) in [4.78, 5) is 1.26. The molecule has 12 heavy (non-hydrogen) atoms. The third-order valence-corrected chi connectivity index (χ3v) is 3.21. The van der Waals surface area contributed by atoms with Crippen molar-refractivity contribution in [1.82, 2.24) is 0 Å². The van der Waals surface area contributed by atoms with E-state index in [9.17, 15) is 0 Å². The van der Waals surface area contributed by atoms with E-state index in [-0.39, 0.29) is 6.04 Å². The standard InChI is InChI=1S/C10H11NS/c1-7(11)10-6-8-4-2-3-5-9(8)12-10/h2-7H,11H2,1H3/t7-/m1/s1. The predicted octanol–water partition coefficient (Wildman–Crippen LogP) is 2.92. The topological polar surface area (TPSA) is 26.0 Å². The first kappa shape index (κ1) is 7.77. The van der Waals surface area contributed by atoms with Crippen LogP contribution in [0.25, 0.3) is 10.1 Å². The van der Waals surface area contributed by atoms with E-state index < -0.39 is 0 Å². The molecule has 0 amide bonds. The van der Waals surface area contributed by atoms with Gasteiger partial charge in [-0.15, -0.1) is 11.3 Å². The van der Waals surface area contributed by atoms with Crippen molar-refractivity contribution < 1.29 is 0 Å². The molecule has 1 aromatic carbocycles. The lowest BCUT2D eigenvalue weighted by molar-refractivity contribution is 0.839. The van der Waals surface area contributed by atoms with Crippen LogP contribution in [0.5, 0.6) is 0 Å². The first-order valence-electron chi connectivity index (χ1n) is 4.01. The summed E-state index contributed by atoms with van der Waals surface area (Å²) in [5, 5.41) is 1.30. The lowest BCUT2D eigenvalue weighted by atomic mass is 10.2. The summed E-state index contributed by atoms with van der Waals surface area (Å²) < 4.78 is 1.32. The fourth-order valence-electron chi connectivity index (χ4n) is 1.23. The van der Waals surface area contributed by atoms with Gasteiger partial charge in [-0.2, -0.15) is 0 Å². The molecule has 0 unspecified atom stereocenters. The second-order valence-corrected chi connectivity index (χ2v) is 4.09. The Bertz CT molecular complexity index is 356. The Morgan fingerprint density at radius 3 is 2.75 bits per heavy atom. The summed E-state index contributed by atoms with van der Waals surface area (Å²) in [5.41, 5.74) is 5.79. The van der Waals surface area contributed by atoms with Gasteiger partial charge in [0.05, 0.1) is 0 Å². The van der Waals surface area contributed by atoms with Crippen molar-refractivity contribution in [3.63, 3.8) is 0 Å². The molecule has 0 radical (unpaired) electrons.